The summed E-state index contributed by atoms with van der Waals surface area (Å²) < 4.78 is 49.4. The third kappa shape index (κ3) is 4.39. The Kier molecular flexibility index (Phi) is 5.15. The average Bonchev–Trinajstić information content (AvgIpc) is 3.17. The van der Waals surface area contributed by atoms with Crippen LogP contribution in [0.5, 0.6) is 11.6 Å². The van der Waals surface area contributed by atoms with E-state index in [4.69, 9.17) is 9.26 Å². The van der Waals surface area contributed by atoms with Crippen molar-refractivity contribution in [3.8, 4) is 11.6 Å². The quantitative estimate of drug-likeness (QED) is 0.473. The third-order valence-corrected chi connectivity index (χ3v) is 4.18. The van der Waals surface area contributed by atoms with Gasteiger partial charge in [-0.25, -0.2) is 4.98 Å². The number of benzene rings is 2. The molecule has 31 heavy (non-hydrogen) atoms. The standard InChI is InChI=1S/C20H14F3N5O3/c1-24-19-25-8-7-16(27-19)30-13-5-6-14-15(10-13)31-28-17(14)18(29)26-12-4-2-3-11(9-12)20(21,22)23/h2-10H,1H3,(H,26,29)(H,24,25,27). The lowest BCUT2D eigenvalue weighted by Gasteiger charge is -2.09. The first-order valence-electron chi connectivity index (χ1n) is 8.90. The number of anilines is 2. The van der Waals surface area contributed by atoms with Crippen molar-refractivity contribution >= 4 is 28.5 Å². The van der Waals surface area contributed by atoms with Crippen LogP contribution in [0.3, 0.4) is 0 Å². The van der Waals surface area contributed by atoms with Crippen molar-refractivity contribution in [2.24, 2.45) is 0 Å². The van der Waals surface area contributed by atoms with Crippen molar-refractivity contribution < 1.29 is 27.2 Å². The Morgan fingerprint density at radius 2 is 1.97 bits per heavy atom. The second-order valence-electron chi connectivity index (χ2n) is 6.29. The van der Waals surface area contributed by atoms with Crippen LogP contribution in [0, 0.1) is 0 Å². The summed E-state index contributed by atoms with van der Waals surface area (Å²) >= 11 is 0. The molecular weight excluding hydrogens is 415 g/mol. The van der Waals surface area contributed by atoms with Crippen LogP contribution in [-0.2, 0) is 6.18 Å². The summed E-state index contributed by atoms with van der Waals surface area (Å²) in [4.78, 5) is 20.7. The van der Waals surface area contributed by atoms with Gasteiger partial charge in [-0.05, 0) is 30.3 Å². The highest BCUT2D eigenvalue weighted by molar-refractivity contribution is 6.10. The number of nitrogens with zero attached hydrogens (tertiary/aromatic N) is 3. The molecule has 4 aromatic rings. The molecule has 158 valence electrons. The van der Waals surface area contributed by atoms with E-state index in [1.807, 2.05) is 0 Å². The van der Waals surface area contributed by atoms with Gasteiger partial charge in [0.05, 0.1) is 10.9 Å². The van der Waals surface area contributed by atoms with Crippen molar-refractivity contribution in [3.63, 3.8) is 0 Å². The number of alkyl halides is 3. The Hall–Kier alpha value is -4.15. The van der Waals surface area contributed by atoms with Crippen LogP contribution < -0.4 is 15.4 Å². The van der Waals surface area contributed by atoms with E-state index in [0.29, 0.717) is 23.0 Å². The van der Waals surface area contributed by atoms with Crippen LogP contribution in [0.1, 0.15) is 16.1 Å². The molecule has 0 aliphatic rings. The number of nitrogens with one attached hydrogen (secondary N) is 2. The maximum Gasteiger partial charge on any atom is 0.416 e. The van der Waals surface area contributed by atoms with E-state index in [1.54, 1.807) is 25.2 Å². The van der Waals surface area contributed by atoms with E-state index in [9.17, 15) is 18.0 Å². The lowest BCUT2D eigenvalue weighted by Crippen LogP contribution is -2.13. The highest BCUT2D eigenvalue weighted by atomic mass is 19.4. The summed E-state index contributed by atoms with van der Waals surface area (Å²) in [7, 11) is 1.67. The fourth-order valence-electron chi connectivity index (χ4n) is 2.75. The molecule has 0 radical (unpaired) electrons. The van der Waals surface area contributed by atoms with Gasteiger partial charge >= 0.3 is 6.18 Å². The lowest BCUT2D eigenvalue weighted by molar-refractivity contribution is -0.137. The van der Waals surface area contributed by atoms with Crippen LogP contribution in [0.2, 0.25) is 0 Å². The fourth-order valence-corrected chi connectivity index (χ4v) is 2.75. The minimum atomic E-state index is -4.52. The number of fused-ring (bicyclic) bond motifs is 1. The number of aromatic nitrogens is 3. The SMILES string of the molecule is CNc1nccc(Oc2ccc3c(C(=O)Nc4cccc(C(F)(F)F)c4)noc3c2)n1. The molecule has 2 aromatic heterocycles. The highest BCUT2D eigenvalue weighted by Gasteiger charge is 2.30. The minimum absolute atomic E-state index is 0.0139. The normalized spacial score (nSPS) is 11.4. The number of hydrogen-bond acceptors (Lipinski definition) is 7. The monoisotopic (exact) mass is 429 g/mol. The van der Waals surface area contributed by atoms with Crippen LogP contribution in [0.4, 0.5) is 24.8 Å². The van der Waals surface area contributed by atoms with Gasteiger partial charge in [-0.3, -0.25) is 4.79 Å². The van der Waals surface area contributed by atoms with Crippen LogP contribution in [0.25, 0.3) is 11.0 Å². The minimum Gasteiger partial charge on any atom is -0.439 e. The Morgan fingerprint density at radius 1 is 1.13 bits per heavy atom. The van der Waals surface area contributed by atoms with Crippen molar-refractivity contribution in [1.82, 2.24) is 15.1 Å². The molecule has 0 saturated heterocycles. The fraction of sp³-hybridized carbons (Fsp3) is 0.100. The Morgan fingerprint density at radius 3 is 2.74 bits per heavy atom. The van der Waals surface area contributed by atoms with E-state index in [-0.39, 0.29) is 17.0 Å². The van der Waals surface area contributed by atoms with Gasteiger partial charge in [-0.15, -0.1) is 0 Å². The van der Waals surface area contributed by atoms with Gasteiger partial charge in [0, 0.05) is 31.1 Å². The highest BCUT2D eigenvalue weighted by Crippen LogP contribution is 2.31. The molecule has 0 unspecified atom stereocenters. The first kappa shape index (κ1) is 20.1. The van der Waals surface area contributed by atoms with E-state index < -0.39 is 17.6 Å². The zero-order valence-corrected chi connectivity index (χ0v) is 15.9. The number of ether oxygens (including phenoxy) is 1. The molecule has 11 heteroatoms. The summed E-state index contributed by atoms with van der Waals surface area (Å²) in [5.74, 6) is 0.350. The predicted octanol–water partition coefficient (Wildman–Crippen LogP) is 4.72. The number of hydrogen-bond donors (Lipinski definition) is 2. The molecule has 0 aliphatic heterocycles. The smallest absolute Gasteiger partial charge is 0.416 e. The molecule has 0 saturated carbocycles. The molecule has 0 bridgehead atoms. The second kappa shape index (κ2) is 7.94. The van der Waals surface area contributed by atoms with E-state index in [1.165, 1.54) is 24.4 Å². The predicted molar refractivity (Wildman–Crippen MR) is 105 cm³/mol. The summed E-state index contributed by atoms with van der Waals surface area (Å²) in [5.41, 5.74) is -0.698. The molecule has 1 amide bonds. The zero-order valence-electron chi connectivity index (χ0n) is 15.9. The topological polar surface area (TPSA) is 102 Å². The summed E-state index contributed by atoms with van der Waals surface area (Å²) in [6.07, 6.45) is -2.99. The van der Waals surface area contributed by atoms with Crippen LogP contribution in [0.15, 0.2) is 59.3 Å². The van der Waals surface area contributed by atoms with E-state index >= 15 is 0 Å². The molecule has 2 N–H and O–H groups in total. The maximum absolute atomic E-state index is 12.9. The molecule has 0 fully saturated rings. The molecule has 0 spiro atoms. The van der Waals surface area contributed by atoms with Crippen molar-refractivity contribution in [1.29, 1.82) is 0 Å². The van der Waals surface area contributed by atoms with Crippen molar-refractivity contribution in [2.75, 3.05) is 17.7 Å². The van der Waals surface area contributed by atoms with Gasteiger partial charge in [0.15, 0.2) is 11.3 Å². The number of amides is 1. The Bertz CT molecular complexity index is 1260. The first-order chi connectivity index (χ1) is 14.8. The molecule has 2 aromatic carbocycles. The number of rotatable bonds is 5. The van der Waals surface area contributed by atoms with Gasteiger partial charge in [0.2, 0.25) is 11.8 Å². The van der Waals surface area contributed by atoms with Gasteiger partial charge in [0.25, 0.3) is 5.91 Å². The van der Waals surface area contributed by atoms with E-state index in [0.717, 1.165) is 12.1 Å². The number of halogens is 3. The number of carbonyl (C=O) groups is 1. The maximum atomic E-state index is 12.9. The van der Waals surface area contributed by atoms with Crippen LogP contribution in [-0.4, -0.2) is 28.1 Å². The second-order valence-corrected chi connectivity index (χ2v) is 6.29. The van der Waals surface area contributed by atoms with Gasteiger partial charge in [0.1, 0.15) is 5.75 Å². The average molecular weight is 429 g/mol. The Balaban J connectivity index is 1.54. The molecule has 0 aliphatic carbocycles. The number of carbonyl (C=O) groups excluding carboxylic acids is 1. The molecular formula is C20H14F3N5O3. The molecule has 4 rings (SSSR count). The first-order valence-corrected chi connectivity index (χ1v) is 8.90. The molecule has 0 atom stereocenters. The largest absolute Gasteiger partial charge is 0.439 e. The summed E-state index contributed by atoms with van der Waals surface area (Å²) in [5, 5.41) is 9.30. The third-order valence-electron chi connectivity index (χ3n) is 4.18. The molecule has 8 nitrogen and oxygen atoms in total. The Labute approximate surface area is 173 Å². The van der Waals surface area contributed by atoms with Gasteiger partial charge < -0.3 is 19.9 Å². The van der Waals surface area contributed by atoms with Gasteiger partial charge in [-0.1, -0.05) is 11.2 Å². The van der Waals surface area contributed by atoms with Gasteiger partial charge in [-0.2, -0.15) is 18.2 Å². The summed E-state index contributed by atoms with van der Waals surface area (Å²) in [6, 6.07) is 10.5. The lowest BCUT2D eigenvalue weighted by atomic mass is 10.1. The van der Waals surface area contributed by atoms with Crippen molar-refractivity contribution in [3.05, 3.63) is 66.0 Å². The van der Waals surface area contributed by atoms with Crippen molar-refractivity contribution in [2.45, 2.75) is 6.18 Å². The zero-order chi connectivity index (χ0) is 22.0. The summed E-state index contributed by atoms with van der Waals surface area (Å²) in [6.45, 7) is 0. The van der Waals surface area contributed by atoms with E-state index in [2.05, 4.69) is 25.8 Å². The molecule has 2 heterocycles. The van der Waals surface area contributed by atoms with Crippen LogP contribution >= 0.6 is 0 Å².